The number of hydrogen-bond acceptors (Lipinski definition) is 1. The Bertz CT molecular complexity index is 565. The van der Waals surface area contributed by atoms with Crippen LogP contribution >= 0.6 is 0 Å². The summed E-state index contributed by atoms with van der Waals surface area (Å²) < 4.78 is 0. The van der Waals surface area contributed by atoms with Gasteiger partial charge in [-0.2, -0.15) is 0 Å². The minimum absolute atomic E-state index is 0.956. The van der Waals surface area contributed by atoms with Gasteiger partial charge in [0.15, 0.2) is 0 Å². The molecule has 2 aromatic rings. The predicted octanol–water partition coefficient (Wildman–Crippen LogP) is 4.15. The van der Waals surface area contributed by atoms with E-state index in [1.54, 1.807) is 5.57 Å². The third-order valence-electron chi connectivity index (χ3n) is 4.00. The smallest absolute Gasteiger partial charge is 0.0457 e. The lowest BCUT2D eigenvalue weighted by Crippen LogP contribution is -2.15. The number of aromatic amines is 1. The Morgan fingerprint density at radius 2 is 2.11 bits per heavy atom. The van der Waals surface area contributed by atoms with E-state index >= 15 is 0 Å². The third-order valence-corrected chi connectivity index (χ3v) is 4.00. The number of para-hydroxylation sites is 1. The molecule has 2 nitrogen and oxygen atoms in total. The largest absolute Gasteiger partial charge is 0.361 e. The molecule has 19 heavy (non-hydrogen) atoms. The number of nitrogens with one attached hydrogen (secondary N) is 2. The van der Waals surface area contributed by atoms with Crippen molar-refractivity contribution >= 4 is 10.9 Å². The highest BCUT2D eigenvalue weighted by molar-refractivity contribution is 5.82. The molecule has 0 fully saturated rings. The summed E-state index contributed by atoms with van der Waals surface area (Å²) in [5.41, 5.74) is 4.25. The summed E-state index contributed by atoms with van der Waals surface area (Å²) in [7, 11) is 0. The van der Waals surface area contributed by atoms with Crippen LogP contribution < -0.4 is 5.32 Å². The van der Waals surface area contributed by atoms with Crippen LogP contribution in [0.2, 0.25) is 0 Å². The zero-order valence-corrected chi connectivity index (χ0v) is 11.4. The summed E-state index contributed by atoms with van der Waals surface area (Å²) in [6.45, 7) is 2.04. The Kier molecular flexibility index (Phi) is 3.99. The molecule has 0 unspecified atom stereocenters. The van der Waals surface area contributed by atoms with Crippen LogP contribution in [0.4, 0.5) is 0 Å². The van der Waals surface area contributed by atoms with Gasteiger partial charge in [0.2, 0.25) is 0 Å². The molecule has 1 heterocycles. The number of H-pyrrole nitrogens is 1. The molecule has 100 valence electrons. The highest BCUT2D eigenvalue weighted by Crippen LogP contribution is 2.20. The third kappa shape index (κ3) is 3.07. The molecular weight excluding hydrogens is 232 g/mol. The average molecular weight is 254 g/mol. The van der Waals surface area contributed by atoms with Gasteiger partial charge in [-0.15, -0.1) is 0 Å². The van der Waals surface area contributed by atoms with Gasteiger partial charge < -0.3 is 10.3 Å². The highest BCUT2D eigenvalue weighted by Gasteiger charge is 2.04. The molecule has 0 saturated heterocycles. The number of fused-ring (bicyclic) bond motifs is 1. The summed E-state index contributed by atoms with van der Waals surface area (Å²) in [6.07, 6.45) is 11.1. The molecule has 1 aromatic carbocycles. The van der Waals surface area contributed by atoms with Crippen molar-refractivity contribution in [2.75, 3.05) is 6.54 Å². The van der Waals surface area contributed by atoms with Crippen LogP contribution in [0.25, 0.3) is 10.9 Å². The SMILES string of the molecule is C1=C(CCNCc2c[nH]c3ccccc23)CCCC1. The Balaban J connectivity index is 1.51. The zero-order chi connectivity index (χ0) is 12.9. The first-order chi connectivity index (χ1) is 9.43. The maximum atomic E-state index is 3.57. The lowest BCUT2D eigenvalue weighted by molar-refractivity contribution is 0.633. The van der Waals surface area contributed by atoms with Gasteiger partial charge >= 0.3 is 0 Å². The molecule has 0 radical (unpaired) electrons. The number of benzene rings is 1. The Hall–Kier alpha value is -1.54. The molecule has 2 N–H and O–H groups in total. The van der Waals surface area contributed by atoms with Gasteiger partial charge in [0.25, 0.3) is 0 Å². The van der Waals surface area contributed by atoms with Crippen LogP contribution in [-0.4, -0.2) is 11.5 Å². The lowest BCUT2D eigenvalue weighted by Gasteiger charge is -2.12. The fourth-order valence-electron chi connectivity index (χ4n) is 2.88. The Morgan fingerprint density at radius 3 is 3.00 bits per heavy atom. The van der Waals surface area contributed by atoms with Crippen molar-refractivity contribution in [3.8, 4) is 0 Å². The van der Waals surface area contributed by atoms with Gasteiger partial charge in [0.05, 0.1) is 0 Å². The maximum absolute atomic E-state index is 3.57. The molecule has 2 heteroatoms. The molecule has 1 aliphatic rings. The predicted molar refractivity (Wildman–Crippen MR) is 81.2 cm³/mol. The van der Waals surface area contributed by atoms with Gasteiger partial charge in [-0.3, -0.25) is 0 Å². The van der Waals surface area contributed by atoms with Crippen LogP contribution in [0, 0.1) is 0 Å². The molecule has 1 aromatic heterocycles. The monoisotopic (exact) mass is 254 g/mol. The van der Waals surface area contributed by atoms with Crippen molar-refractivity contribution in [2.24, 2.45) is 0 Å². The first kappa shape index (κ1) is 12.5. The molecule has 0 atom stereocenters. The minimum atomic E-state index is 0.956. The quantitative estimate of drug-likeness (QED) is 0.609. The first-order valence-electron chi connectivity index (χ1n) is 7.37. The van der Waals surface area contributed by atoms with E-state index in [2.05, 4.69) is 46.8 Å². The highest BCUT2D eigenvalue weighted by atomic mass is 14.9. The van der Waals surface area contributed by atoms with Crippen molar-refractivity contribution in [3.05, 3.63) is 47.7 Å². The normalized spacial score (nSPS) is 15.7. The second kappa shape index (κ2) is 6.07. The second-order valence-corrected chi connectivity index (χ2v) is 5.39. The van der Waals surface area contributed by atoms with Crippen molar-refractivity contribution in [1.82, 2.24) is 10.3 Å². The second-order valence-electron chi connectivity index (χ2n) is 5.39. The first-order valence-corrected chi connectivity index (χ1v) is 7.37. The number of aromatic nitrogens is 1. The van der Waals surface area contributed by atoms with Crippen LogP contribution in [0.1, 0.15) is 37.7 Å². The standard InChI is InChI=1S/C17H22N2/c1-2-6-14(7-3-1)10-11-18-12-15-13-19-17-9-5-4-8-16(15)17/h4-6,8-9,13,18-19H,1-3,7,10-12H2. The van der Waals surface area contributed by atoms with E-state index in [-0.39, 0.29) is 0 Å². The van der Waals surface area contributed by atoms with Crippen LogP contribution in [0.5, 0.6) is 0 Å². The summed E-state index contributed by atoms with van der Waals surface area (Å²) >= 11 is 0. The fraction of sp³-hybridized carbons (Fsp3) is 0.412. The van der Waals surface area contributed by atoms with Gasteiger partial charge in [0, 0.05) is 23.6 Å². The van der Waals surface area contributed by atoms with Crippen LogP contribution in [0.3, 0.4) is 0 Å². The Morgan fingerprint density at radius 1 is 1.16 bits per heavy atom. The summed E-state index contributed by atoms with van der Waals surface area (Å²) in [4.78, 5) is 3.33. The van der Waals surface area contributed by atoms with Crippen molar-refractivity contribution in [2.45, 2.75) is 38.6 Å². The fourth-order valence-corrected chi connectivity index (χ4v) is 2.88. The summed E-state index contributed by atoms with van der Waals surface area (Å²) in [6, 6.07) is 8.50. The number of hydrogen-bond donors (Lipinski definition) is 2. The molecule has 0 saturated carbocycles. The molecule has 0 spiro atoms. The average Bonchev–Trinajstić information content (AvgIpc) is 2.88. The van der Waals surface area contributed by atoms with E-state index in [0.29, 0.717) is 0 Å². The van der Waals surface area contributed by atoms with E-state index in [0.717, 1.165) is 13.1 Å². The van der Waals surface area contributed by atoms with Crippen molar-refractivity contribution in [1.29, 1.82) is 0 Å². The summed E-state index contributed by atoms with van der Waals surface area (Å²) in [5.74, 6) is 0. The van der Waals surface area contributed by atoms with Gasteiger partial charge in [0.1, 0.15) is 0 Å². The molecule has 0 amide bonds. The molecule has 0 aliphatic heterocycles. The van der Waals surface area contributed by atoms with E-state index in [4.69, 9.17) is 0 Å². The van der Waals surface area contributed by atoms with Crippen molar-refractivity contribution < 1.29 is 0 Å². The van der Waals surface area contributed by atoms with E-state index in [1.807, 2.05) is 0 Å². The van der Waals surface area contributed by atoms with Gasteiger partial charge in [-0.25, -0.2) is 0 Å². The zero-order valence-electron chi connectivity index (χ0n) is 11.4. The molecule has 1 aliphatic carbocycles. The molecule has 0 bridgehead atoms. The summed E-state index contributed by atoms with van der Waals surface area (Å²) in [5, 5.41) is 4.91. The van der Waals surface area contributed by atoms with Crippen molar-refractivity contribution in [3.63, 3.8) is 0 Å². The maximum Gasteiger partial charge on any atom is 0.0457 e. The minimum Gasteiger partial charge on any atom is -0.361 e. The van der Waals surface area contributed by atoms with Gasteiger partial charge in [-0.05, 0) is 50.3 Å². The van der Waals surface area contributed by atoms with Crippen LogP contribution in [0.15, 0.2) is 42.1 Å². The molecular formula is C17H22N2. The van der Waals surface area contributed by atoms with E-state index in [9.17, 15) is 0 Å². The topological polar surface area (TPSA) is 27.8 Å². The molecule has 3 rings (SSSR count). The van der Waals surface area contributed by atoms with E-state index < -0.39 is 0 Å². The number of allylic oxidation sites excluding steroid dienone is 1. The van der Waals surface area contributed by atoms with Gasteiger partial charge in [-0.1, -0.05) is 29.8 Å². The Labute approximate surface area is 114 Å². The lowest BCUT2D eigenvalue weighted by atomic mass is 9.97. The van der Waals surface area contributed by atoms with Crippen LogP contribution in [-0.2, 0) is 6.54 Å². The number of rotatable bonds is 5. The van der Waals surface area contributed by atoms with E-state index in [1.165, 1.54) is 48.6 Å².